The van der Waals surface area contributed by atoms with E-state index in [9.17, 15) is 9.18 Å². The van der Waals surface area contributed by atoms with Crippen molar-refractivity contribution in [2.75, 3.05) is 11.9 Å². The van der Waals surface area contributed by atoms with Gasteiger partial charge in [0.1, 0.15) is 28.8 Å². The van der Waals surface area contributed by atoms with Gasteiger partial charge in [-0.3, -0.25) is 9.79 Å². The number of carbonyl (C=O) groups is 1. The van der Waals surface area contributed by atoms with Crippen LogP contribution in [0.2, 0.25) is 0 Å². The number of carbonyl (C=O) groups excluding carboxylic acids is 1. The Kier molecular flexibility index (Phi) is 4.89. The van der Waals surface area contributed by atoms with Crippen molar-refractivity contribution in [1.82, 2.24) is 19.9 Å². The van der Waals surface area contributed by atoms with Gasteiger partial charge in [-0.25, -0.2) is 13.9 Å². The molecule has 1 aliphatic heterocycles. The molecule has 0 aliphatic carbocycles. The van der Waals surface area contributed by atoms with Crippen molar-refractivity contribution in [3.05, 3.63) is 53.6 Å². The molecule has 0 saturated carbocycles. The number of nitrogens with zero attached hydrogens (tertiary/aromatic N) is 4. The molecule has 156 valence electrons. The molecule has 1 aromatic carbocycles. The smallest absolute Gasteiger partial charge is 0.252 e. The number of halogens is 1. The van der Waals surface area contributed by atoms with E-state index >= 15 is 0 Å². The number of anilines is 1. The molecule has 0 spiro atoms. The fraction of sp³-hybridized carbons (Fsp3) is 0.333. The van der Waals surface area contributed by atoms with Crippen molar-refractivity contribution < 1.29 is 13.9 Å². The topological polar surface area (TPSA) is 92.9 Å². The highest BCUT2D eigenvalue weighted by atomic mass is 19.1. The number of amidine groups is 1. The summed E-state index contributed by atoms with van der Waals surface area (Å²) in [5.41, 5.74) is 1.04. The minimum absolute atomic E-state index is 0.172. The van der Waals surface area contributed by atoms with Gasteiger partial charge in [-0.2, -0.15) is 5.10 Å². The van der Waals surface area contributed by atoms with Crippen LogP contribution in [0.3, 0.4) is 0 Å². The van der Waals surface area contributed by atoms with Gasteiger partial charge in [0.25, 0.3) is 5.91 Å². The number of amides is 1. The number of hydrogen-bond acceptors (Lipinski definition) is 6. The van der Waals surface area contributed by atoms with E-state index in [-0.39, 0.29) is 17.8 Å². The standard InChI is InChI=1S/C21H23FN6O2/c1-5-30-16-7-6-13(22)10-14(16)12(2)24-17-8-9-28-19(25-17)15(11-23-28)18-26-20(29)21(3,4)27-18/h6-12H,5H2,1-4H3,(H,24,25)(H,26,27,29)/t12-/m1/s1. The zero-order valence-electron chi connectivity index (χ0n) is 17.2. The Hall–Kier alpha value is -3.49. The maximum Gasteiger partial charge on any atom is 0.252 e. The minimum atomic E-state index is -0.832. The molecule has 30 heavy (non-hydrogen) atoms. The van der Waals surface area contributed by atoms with Gasteiger partial charge >= 0.3 is 0 Å². The Labute approximate surface area is 173 Å². The van der Waals surface area contributed by atoms with E-state index < -0.39 is 5.54 Å². The van der Waals surface area contributed by atoms with Crippen molar-refractivity contribution in [2.24, 2.45) is 4.99 Å². The quantitative estimate of drug-likeness (QED) is 0.651. The van der Waals surface area contributed by atoms with Crippen molar-refractivity contribution >= 4 is 23.2 Å². The first-order valence-electron chi connectivity index (χ1n) is 9.73. The maximum absolute atomic E-state index is 13.8. The zero-order chi connectivity index (χ0) is 21.5. The second kappa shape index (κ2) is 7.40. The second-order valence-corrected chi connectivity index (χ2v) is 7.59. The molecule has 1 aliphatic rings. The number of hydrogen-bond donors (Lipinski definition) is 2. The average molecular weight is 410 g/mol. The van der Waals surface area contributed by atoms with E-state index in [2.05, 4.69) is 25.7 Å². The molecule has 0 radical (unpaired) electrons. The second-order valence-electron chi connectivity index (χ2n) is 7.59. The predicted molar refractivity (Wildman–Crippen MR) is 111 cm³/mol. The molecule has 0 fully saturated rings. The highest BCUT2D eigenvalue weighted by molar-refractivity contribution is 6.17. The molecule has 8 nitrogen and oxygen atoms in total. The van der Waals surface area contributed by atoms with Crippen molar-refractivity contribution in [2.45, 2.75) is 39.3 Å². The van der Waals surface area contributed by atoms with Crippen LogP contribution < -0.4 is 15.4 Å². The molecule has 0 unspecified atom stereocenters. The van der Waals surface area contributed by atoms with Crippen LogP contribution in [-0.4, -0.2) is 38.5 Å². The Morgan fingerprint density at radius 1 is 1.33 bits per heavy atom. The molecule has 0 bridgehead atoms. The van der Waals surface area contributed by atoms with Crippen LogP contribution in [-0.2, 0) is 4.79 Å². The lowest BCUT2D eigenvalue weighted by atomic mass is 10.1. The highest BCUT2D eigenvalue weighted by Crippen LogP contribution is 2.29. The van der Waals surface area contributed by atoms with Gasteiger partial charge in [-0.15, -0.1) is 0 Å². The lowest BCUT2D eigenvalue weighted by molar-refractivity contribution is -0.122. The lowest BCUT2D eigenvalue weighted by Crippen LogP contribution is -2.34. The van der Waals surface area contributed by atoms with Crippen LogP contribution in [0.25, 0.3) is 5.65 Å². The van der Waals surface area contributed by atoms with Crippen LogP contribution in [0, 0.1) is 5.82 Å². The molecular weight excluding hydrogens is 387 g/mol. The van der Waals surface area contributed by atoms with Crippen LogP contribution >= 0.6 is 0 Å². The van der Waals surface area contributed by atoms with Crippen LogP contribution in [0.5, 0.6) is 5.75 Å². The van der Waals surface area contributed by atoms with Crippen molar-refractivity contribution in [1.29, 1.82) is 0 Å². The lowest BCUT2D eigenvalue weighted by Gasteiger charge is -2.18. The van der Waals surface area contributed by atoms with E-state index in [1.807, 2.05) is 13.8 Å². The molecule has 1 amide bonds. The Morgan fingerprint density at radius 3 is 2.83 bits per heavy atom. The molecule has 3 aromatic rings. The van der Waals surface area contributed by atoms with E-state index in [1.165, 1.54) is 12.1 Å². The molecule has 3 heterocycles. The number of fused-ring (bicyclic) bond motifs is 1. The number of benzene rings is 1. The largest absolute Gasteiger partial charge is 0.494 e. The van der Waals surface area contributed by atoms with E-state index in [4.69, 9.17) is 4.74 Å². The molecule has 2 N–H and O–H groups in total. The third-order valence-electron chi connectivity index (χ3n) is 4.91. The van der Waals surface area contributed by atoms with E-state index in [0.717, 1.165) is 0 Å². The third-order valence-corrected chi connectivity index (χ3v) is 4.91. The number of nitrogens with one attached hydrogen (secondary N) is 2. The van der Waals surface area contributed by atoms with Gasteiger partial charge in [0.2, 0.25) is 0 Å². The third kappa shape index (κ3) is 3.58. The number of rotatable bonds is 6. The van der Waals surface area contributed by atoms with Crippen LogP contribution in [0.15, 0.2) is 41.7 Å². The number of aliphatic imine (C=N–C) groups is 1. The zero-order valence-corrected chi connectivity index (χ0v) is 17.2. The molecule has 1 atom stereocenters. The summed E-state index contributed by atoms with van der Waals surface area (Å²) in [4.78, 5) is 21.2. The minimum Gasteiger partial charge on any atom is -0.494 e. The highest BCUT2D eigenvalue weighted by Gasteiger charge is 2.35. The maximum atomic E-state index is 13.8. The summed E-state index contributed by atoms with van der Waals surface area (Å²) >= 11 is 0. The predicted octanol–water partition coefficient (Wildman–Crippen LogP) is 3.10. The monoisotopic (exact) mass is 410 g/mol. The van der Waals surface area contributed by atoms with E-state index in [1.54, 1.807) is 42.9 Å². The molecule has 2 aromatic heterocycles. The molecular formula is C21H23FN6O2. The van der Waals surface area contributed by atoms with Crippen LogP contribution in [0.1, 0.15) is 44.9 Å². The Bertz CT molecular complexity index is 1150. The average Bonchev–Trinajstić information content (AvgIpc) is 3.23. The van der Waals surface area contributed by atoms with Gasteiger partial charge in [0, 0.05) is 11.8 Å². The van der Waals surface area contributed by atoms with Gasteiger partial charge in [0.05, 0.1) is 24.4 Å². The van der Waals surface area contributed by atoms with Gasteiger partial charge < -0.3 is 15.4 Å². The fourth-order valence-electron chi connectivity index (χ4n) is 3.31. The Morgan fingerprint density at radius 2 is 2.13 bits per heavy atom. The Balaban J connectivity index is 1.65. The van der Waals surface area contributed by atoms with Gasteiger partial charge in [-0.1, -0.05) is 0 Å². The number of ether oxygens (including phenoxy) is 1. The summed E-state index contributed by atoms with van der Waals surface area (Å²) < 4.78 is 21.1. The summed E-state index contributed by atoms with van der Waals surface area (Å²) in [5, 5.41) is 10.4. The normalized spacial score (nSPS) is 16.3. The molecule has 9 heteroatoms. The van der Waals surface area contributed by atoms with E-state index in [0.29, 0.717) is 40.8 Å². The first kappa shape index (κ1) is 19.8. The number of aromatic nitrogens is 3. The fourth-order valence-corrected chi connectivity index (χ4v) is 3.31. The first-order valence-corrected chi connectivity index (χ1v) is 9.73. The summed E-state index contributed by atoms with van der Waals surface area (Å²) in [6.45, 7) is 7.77. The van der Waals surface area contributed by atoms with Crippen LogP contribution in [0.4, 0.5) is 10.2 Å². The summed E-state index contributed by atoms with van der Waals surface area (Å²) in [6.07, 6.45) is 3.38. The molecule has 0 saturated heterocycles. The summed E-state index contributed by atoms with van der Waals surface area (Å²) in [6, 6.07) is 5.98. The van der Waals surface area contributed by atoms with Gasteiger partial charge in [-0.05, 0) is 52.0 Å². The van der Waals surface area contributed by atoms with Gasteiger partial charge in [0.15, 0.2) is 5.65 Å². The summed E-state index contributed by atoms with van der Waals surface area (Å²) in [7, 11) is 0. The SMILES string of the molecule is CCOc1ccc(F)cc1[C@@H](C)Nc1ccn2ncc(C3=NC(C)(C)C(=O)N3)c2n1. The molecule has 4 rings (SSSR count). The van der Waals surface area contributed by atoms with Crippen molar-refractivity contribution in [3.63, 3.8) is 0 Å². The first-order chi connectivity index (χ1) is 14.3. The van der Waals surface area contributed by atoms with Crippen molar-refractivity contribution in [3.8, 4) is 5.75 Å². The summed E-state index contributed by atoms with van der Waals surface area (Å²) in [5.74, 6) is 1.14.